The van der Waals surface area contributed by atoms with E-state index in [1.165, 1.54) is 38.9 Å². The smallest absolute Gasteiger partial charge is 0.191 e. The minimum absolute atomic E-state index is 0.747. The molecule has 0 unspecified atom stereocenters. The maximum Gasteiger partial charge on any atom is 0.191 e. The first-order valence-electron chi connectivity index (χ1n) is 9.62. The van der Waals surface area contributed by atoms with Gasteiger partial charge in [-0.3, -0.25) is 4.99 Å². The lowest BCUT2D eigenvalue weighted by Gasteiger charge is -2.31. The first-order chi connectivity index (χ1) is 11.3. The van der Waals surface area contributed by atoms with Crippen LogP contribution in [0.1, 0.15) is 52.9 Å². The van der Waals surface area contributed by atoms with Crippen molar-refractivity contribution in [1.82, 2.24) is 15.5 Å². The first-order valence-corrected chi connectivity index (χ1v) is 9.62. The second-order valence-corrected chi connectivity index (χ2v) is 6.34. The zero-order chi connectivity index (χ0) is 16.8. The van der Waals surface area contributed by atoms with Crippen molar-refractivity contribution < 1.29 is 4.74 Å². The van der Waals surface area contributed by atoms with E-state index >= 15 is 0 Å². The monoisotopic (exact) mass is 326 g/mol. The van der Waals surface area contributed by atoms with Crippen molar-refractivity contribution in [1.29, 1.82) is 0 Å². The largest absolute Gasteiger partial charge is 0.382 e. The molecule has 0 saturated carbocycles. The Morgan fingerprint density at radius 1 is 1.13 bits per heavy atom. The first kappa shape index (κ1) is 20.2. The van der Waals surface area contributed by atoms with Gasteiger partial charge in [-0.25, -0.2) is 0 Å². The topological polar surface area (TPSA) is 48.9 Å². The molecule has 1 heterocycles. The fourth-order valence-electron chi connectivity index (χ4n) is 2.95. The Kier molecular flexibility index (Phi) is 12.0. The van der Waals surface area contributed by atoms with Crippen LogP contribution in [-0.4, -0.2) is 63.3 Å². The molecule has 0 radical (unpaired) electrons. The summed E-state index contributed by atoms with van der Waals surface area (Å²) in [4.78, 5) is 7.37. The molecule has 1 fully saturated rings. The quantitative estimate of drug-likeness (QED) is 0.348. The fraction of sp³-hybridized carbons (Fsp3) is 0.944. The van der Waals surface area contributed by atoms with E-state index in [1.54, 1.807) is 0 Å². The van der Waals surface area contributed by atoms with E-state index in [4.69, 9.17) is 9.73 Å². The number of nitrogens with one attached hydrogen (secondary N) is 2. The van der Waals surface area contributed by atoms with E-state index in [9.17, 15) is 0 Å². The van der Waals surface area contributed by atoms with Crippen molar-refractivity contribution in [3.63, 3.8) is 0 Å². The third-order valence-corrected chi connectivity index (χ3v) is 4.31. The molecule has 136 valence electrons. The summed E-state index contributed by atoms with van der Waals surface area (Å²) in [5.41, 5.74) is 0. The molecule has 5 nitrogen and oxygen atoms in total. The molecule has 1 saturated heterocycles. The summed E-state index contributed by atoms with van der Waals surface area (Å²) in [6, 6.07) is 0. The summed E-state index contributed by atoms with van der Waals surface area (Å²) in [7, 11) is 0. The molecule has 0 bridgehead atoms. The molecular weight excluding hydrogens is 288 g/mol. The highest BCUT2D eigenvalue weighted by atomic mass is 16.5. The second-order valence-electron chi connectivity index (χ2n) is 6.34. The van der Waals surface area contributed by atoms with Gasteiger partial charge < -0.3 is 20.3 Å². The molecule has 0 aliphatic carbocycles. The van der Waals surface area contributed by atoms with Gasteiger partial charge in [0.1, 0.15) is 0 Å². The van der Waals surface area contributed by atoms with Crippen LogP contribution in [0.15, 0.2) is 4.99 Å². The van der Waals surface area contributed by atoms with Crippen LogP contribution in [0.5, 0.6) is 0 Å². The van der Waals surface area contributed by atoms with Gasteiger partial charge >= 0.3 is 0 Å². The van der Waals surface area contributed by atoms with Gasteiger partial charge in [-0.15, -0.1) is 0 Å². The third-order valence-electron chi connectivity index (χ3n) is 4.31. The van der Waals surface area contributed by atoms with E-state index in [0.717, 1.165) is 57.6 Å². The summed E-state index contributed by atoms with van der Waals surface area (Å²) in [6.45, 7) is 14.7. The Balaban J connectivity index is 2.21. The molecule has 0 aromatic carbocycles. The van der Waals surface area contributed by atoms with Crippen LogP contribution >= 0.6 is 0 Å². The molecule has 2 N–H and O–H groups in total. The summed E-state index contributed by atoms with van der Waals surface area (Å²) in [5.74, 6) is 1.72. The predicted molar refractivity (Wildman–Crippen MR) is 99.2 cm³/mol. The number of piperidine rings is 1. The number of hydrogen-bond donors (Lipinski definition) is 2. The second kappa shape index (κ2) is 13.6. The fourth-order valence-corrected chi connectivity index (χ4v) is 2.95. The van der Waals surface area contributed by atoms with E-state index in [0.29, 0.717) is 0 Å². The maximum absolute atomic E-state index is 5.36. The lowest BCUT2D eigenvalue weighted by molar-refractivity contribution is 0.143. The SMILES string of the molecule is CCCN1CCC(CN=C(NCC)NCCCCOCC)CC1. The number of rotatable bonds is 11. The Hall–Kier alpha value is -0.810. The summed E-state index contributed by atoms with van der Waals surface area (Å²) >= 11 is 0. The van der Waals surface area contributed by atoms with Gasteiger partial charge in [0, 0.05) is 32.8 Å². The molecule has 0 aromatic rings. The molecular formula is C18H38N4O. The number of aliphatic imine (C=N–C) groups is 1. The van der Waals surface area contributed by atoms with Crippen LogP contribution in [0.3, 0.4) is 0 Å². The van der Waals surface area contributed by atoms with Gasteiger partial charge in [0.2, 0.25) is 0 Å². The molecule has 0 atom stereocenters. The van der Waals surface area contributed by atoms with Gasteiger partial charge in [-0.1, -0.05) is 6.92 Å². The molecule has 0 aromatic heterocycles. The van der Waals surface area contributed by atoms with Crippen molar-refractivity contribution in [2.75, 3.05) is 52.5 Å². The normalized spacial score (nSPS) is 17.4. The van der Waals surface area contributed by atoms with Gasteiger partial charge in [0.25, 0.3) is 0 Å². The van der Waals surface area contributed by atoms with Crippen molar-refractivity contribution in [2.24, 2.45) is 10.9 Å². The number of hydrogen-bond acceptors (Lipinski definition) is 3. The van der Waals surface area contributed by atoms with Crippen LogP contribution in [0.25, 0.3) is 0 Å². The minimum atomic E-state index is 0.747. The molecule has 1 aliphatic rings. The van der Waals surface area contributed by atoms with Crippen LogP contribution in [-0.2, 0) is 4.74 Å². The zero-order valence-corrected chi connectivity index (χ0v) is 15.6. The molecule has 1 rings (SSSR count). The number of guanidine groups is 1. The Morgan fingerprint density at radius 3 is 2.57 bits per heavy atom. The van der Waals surface area contributed by atoms with Crippen molar-refractivity contribution in [2.45, 2.75) is 52.9 Å². The molecule has 0 spiro atoms. The standard InChI is InChI=1S/C18H38N4O/c1-4-12-22-13-9-17(10-14-22)16-21-18(19-5-2)20-11-7-8-15-23-6-3/h17H,4-16H2,1-3H3,(H2,19,20,21). The van der Waals surface area contributed by atoms with Crippen molar-refractivity contribution in [3.05, 3.63) is 0 Å². The van der Waals surface area contributed by atoms with Crippen molar-refractivity contribution in [3.8, 4) is 0 Å². The van der Waals surface area contributed by atoms with Gasteiger partial charge in [0.05, 0.1) is 0 Å². The number of likely N-dealkylation sites (tertiary alicyclic amines) is 1. The highest BCUT2D eigenvalue weighted by Gasteiger charge is 2.18. The van der Waals surface area contributed by atoms with Crippen LogP contribution in [0, 0.1) is 5.92 Å². The Bertz CT molecular complexity index is 301. The number of ether oxygens (including phenoxy) is 1. The summed E-state index contributed by atoms with van der Waals surface area (Å²) in [6.07, 6.45) is 6.07. The third kappa shape index (κ3) is 9.82. The van der Waals surface area contributed by atoms with Gasteiger partial charge in [0.15, 0.2) is 5.96 Å². The number of nitrogens with zero attached hydrogens (tertiary/aromatic N) is 2. The van der Waals surface area contributed by atoms with E-state index in [1.807, 2.05) is 6.92 Å². The number of unbranched alkanes of at least 4 members (excludes halogenated alkanes) is 1. The average Bonchev–Trinajstić information content (AvgIpc) is 2.57. The highest BCUT2D eigenvalue weighted by Crippen LogP contribution is 2.17. The lowest BCUT2D eigenvalue weighted by Crippen LogP contribution is -2.39. The van der Waals surface area contributed by atoms with Gasteiger partial charge in [-0.2, -0.15) is 0 Å². The molecule has 5 heteroatoms. The molecule has 1 aliphatic heterocycles. The maximum atomic E-state index is 5.36. The van der Waals surface area contributed by atoms with Crippen molar-refractivity contribution >= 4 is 5.96 Å². The summed E-state index contributed by atoms with van der Waals surface area (Å²) in [5, 5.41) is 6.79. The van der Waals surface area contributed by atoms with E-state index < -0.39 is 0 Å². The Morgan fingerprint density at radius 2 is 1.91 bits per heavy atom. The van der Waals surface area contributed by atoms with Gasteiger partial charge in [-0.05, 0) is 71.5 Å². The van der Waals surface area contributed by atoms with Crippen LogP contribution < -0.4 is 10.6 Å². The highest BCUT2D eigenvalue weighted by molar-refractivity contribution is 5.79. The minimum Gasteiger partial charge on any atom is -0.382 e. The van der Waals surface area contributed by atoms with E-state index in [2.05, 4.69) is 29.4 Å². The molecule has 0 amide bonds. The zero-order valence-electron chi connectivity index (χ0n) is 15.6. The predicted octanol–water partition coefficient (Wildman–Crippen LogP) is 2.48. The summed E-state index contributed by atoms with van der Waals surface area (Å²) < 4.78 is 5.36. The lowest BCUT2D eigenvalue weighted by atomic mass is 9.97. The molecule has 23 heavy (non-hydrogen) atoms. The van der Waals surface area contributed by atoms with Crippen LogP contribution in [0.2, 0.25) is 0 Å². The van der Waals surface area contributed by atoms with E-state index in [-0.39, 0.29) is 0 Å². The van der Waals surface area contributed by atoms with Crippen LogP contribution in [0.4, 0.5) is 0 Å². The average molecular weight is 327 g/mol. The Labute approximate surface area is 143 Å².